The van der Waals surface area contributed by atoms with E-state index in [-0.39, 0.29) is 13.2 Å². The number of ether oxygens (including phenoxy) is 4. The van der Waals surface area contributed by atoms with E-state index in [9.17, 15) is 9.59 Å². The predicted molar refractivity (Wildman–Crippen MR) is 55.1 cm³/mol. The molecule has 0 heterocycles. The summed E-state index contributed by atoms with van der Waals surface area (Å²) < 4.78 is 17.8. The highest BCUT2D eigenvalue weighted by molar-refractivity contribution is 5.59. The highest BCUT2D eigenvalue weighted by Gasteiger charge is 1.98. The molecular formula is C10H16O6. The maximum atomic E-state index is 10.5. The molecule has 0 aliphatic rings. The number of rotatable bonds is 6. The van der Waals surface area contributed by atoms with Gasteiger partial charge in [0.05, 0.1) is 27.4 Å². The Bertz CT molecular complexity index is 211. The van der Waals surface area contributed by atoms with Crippen LogP contribution in [0.25, 0.3) is 0 Å². The molecule has 0 aromatic rings. The van der Waals surface area contributed by atoms with Crippen LogP contribution in [0.2, 0.25) is 0 Å². The average Bonchev–Trinajstić information content (AvgIpc) is 2.31. The Morgan fingerprint density at radius 2 is 1.25 bits per heavy atom. The van der Waals surface area contributed by atoms with E-state index in [1.54, 1.807) is 0 Å². The third kappa shape index (κ3) is 8.86. The van der Waals surface area contributed by atoms with E-state index in [1.807, 2.05) is 12.2 Å². The standard InChI is InChI=1S/C10H16O6/c1-13-9(11)15-7-5-3-4-6-8-16-10(12)14-2/h3-4H,5-8H2,1-2H3. The molecule has 0 fully saturated rings. The second kappa shape index (κ2) is 9.82. The van der Waals surface area contributed by atoms with Crippen molar-refractivity contribution in [3.8, 4) is 0 Å². The molecule has 0 aromatic heterocycles. The zero-order chi connectivity index (χ0) is 12.2. The van der Waals surface area contributed by atoms with Crippen LogP contribution in [0.15, 0.2) is 12.2 Å². The Balaban J connectivity index is 3.28. The predicted octanol–water partition coefficient (Wildman–Crippen LogP) is 1.89. The molecule has 0 spiro atoms. The molecule has 0 atom stereocenters. The van der Waals surface area contributed by atoms with Crippen LogP contribution < -0.4 is 0 Å². The number of methoxy groups -OCH3 is 2. The lowest BCUT2D eigenvalue weighted by Crippen LogP contribution is -2.05. The maximum Gasteiger partial charge on any atom is 0.507 e. The van der Waals surface area contributed by atoms with Crippen LogP contribution in [0.1, 0.15) is 12.8 Å². The van der Waals surface area contributed by atoms with Gasteiger partial charge in [-0.05, 0) is 12.8 Å². The van der Waals surface area contributed by atoms with Crippen molar-refractivity contribution < 1.29 is 28.5 Å². The first-order valence-electron chi connectivity index (χ1n) is 4.77. The molecular weight excluding hydrogens is 216 g/mol. The van der Waals surface area contributed by atoms with Crippen molar-refractivity contribution in [2.24, 2.45) is 0 Å². The lowest BCUT2D eigenvalue weighted by Gasteiger charge is -2.00. The largest absolute Gasteiger partial charge is 0.507 e. The zero-order valence-electron chi connectivity index (χ0n) is 9.43. The summed E-state index contributed by atoms with van der Waals surface area (Å²) in [5.74, 6) is 0. The first kappa shape index (κ1) is 14.3. The molecule has 6 heteroatoms. The van der Waals surface area contributed by atoms with Crippen molar-refractivity contribution in [3.05, 3.63) is 12.2 Å². The molecule has 0 aromatic carbocycles. The highest BCUT2D eigenvalue weighted by atomic mass is 16.7. The average molecular weight is 232 g/mol. The van der Waals surface area contributed by atoms with E-state index in [4.69, 9.17) is 0 Å². The number of carbonyl (C=O) groups excluding carboxylic acids is 2. The van der Waals surface area contributed by atoms with Crippen LogP contribution in [-0.2, 0) is 18.9 Å². The first-order chi connectivity index (χ1) is 7.70. The van der Waals surface area contributed by atoms with Crippen molar-refractivity contribution in [1.82, 2.24) is 0 Å². The van der Waals surface area contributed by atoms with Gasteiger partial charge in [0.15, 0.2) is 0 Å². The molecule has 0 rings (SSSR count). The van der Waals surface area contributed by atoms with Crippen LogP contribution in [0.4, 0.5) is 9.59 Å². The van der Waals surface area contributed by atoms with Crippen LogP contribution in [-0.4, -0.2) is 39.7 Å². The van der Waals surface area contributed by atoms with Gasteiger partial charge in [0.1, 0.15) is 0 Å². The second-order valence-electron chi connectivity index (χ2n) is 2.65. The van der Waals surface area contributed by atoms with E-state index in [0.29, 0.717) is 12.8 Å². The van der Waals surface area contributed by atoms with Crippen molar-refractivity contribution >= 4 is 12.3 Å². The fraction of sp³-hybridized carbons (Fsp3) is 0.600. The molecule has 0 N–H and O–H groups in total. The number of hydrogen-bond acceptors (Lipinski definition) is 6. The van der Waals surface area contributed by atoms with Gasteiger partial charge < -0.3 is 18.9 Å². The summed E-state index contributed by atoms with van der Waals surface area (Å²) in [6, 6.07) is 0. The van der Waals surface area contributed by atoms with E-state index < -0.39 is 12.3 Å². The minimum absolute atomic E-state index is 0.265. The molecule has 0 saturated heterocycles. The van der Waals surface area contributed by atoms with Crippen molar-refractivity contribution in [2.45, 2.75) is 12.8 Å². The summed E-state index contributed by atoms with van der Waals surface area (Å²) in [5, 5.41) is 0. The van der Waals surface area contributed by atoms with Crippen molar-refractivity contribution in [3.63, 3.8) is 0 Å². The van der Waals surface area contributed by atoms with Gasteiger partial charge in [-0.1, -0.05) is 12.2 Å². The molecule has 0 aliphatic heterocycles. The molecule has 16 heavy (non-hydrogen) atoms. The molecule has 0 bridgehead atoms. The van der Waals surface area contributed by atoms with Crippen LogP contribution in [0, 0.1) is 0 Å². The van der Waals surface area contributed by atoms with Gasteiger partial charge in [0.25, 0.3) is 0 Å². The maximum absolute atomic E-state index is 10.5. The number of carbonyl (C=O) groups is 2. The fourth-order valence-corrected chi connectivity index (χ4v) is 0.774. The molecule has 0 unspecified atom stereocenters. The Labute approximate surface area is 94.1 Å². The van der Waals surface area contributed by atoms with Gasteiger partial charge in [0, 0.05) is 0 Å². The molecule has 0 aliphatic carbocycles. The third-order valence-electron chi connectivity index (χ3n) is 1.51. The minimum Gasteiger partial charge on any atom is -0.438 e. The summed E-state index contributed by atoms with van der Waals surface area (Å²) in [4.78, 5) is 21.0. The van der Waals surface area contributed by atoms with Gasteiger partial charge in [-0.2, -0.15) is 0 Å². The van der Waals surface area contributed by atoms with E-state index in [1.165, 1.54) is 14.2 Å². The van der Waals surface area contributed by atoms with Gasteiger partial charge >= 0.3 is 12.3 Å². The Kier molecular flexibility index (Phi) is 8.76. The molecule has 92 valence electrons. The summed E-state index contributed by atoms with van der Waals surface area (Å²) in [5.41, 5.74) is 0. The normalized spacial score (nSPS) is 9.88. The van der Waals surface area contributed by atoms with Gasteiger partial charge in [-0.3, -0.25) is 0 Å². The van der Waals surface area contributed by atoms with E-state index >= 15 is 0 Å². The Morgan fingerprint density at radius 1 is 0.875 bits per heavy atom. The molecule has 0 radical (unpaired) electrons. The fourth-order valence-electron chi connectivity index (χ4n) is 0.774. The van der Waals surface area contributed by atoms with Gasteiger partial charge in [-0.15, -0.1) is 0 Å². The monoisotopic (exact) mass is 232 g/mol. The van der Waals surface area contributed by atoms with Crippen molar-refractivity contribution in [2.75, 3.05) is 27.4 Å². The minimum atomic E-state index is -0.692. The topological polar surface area (TPSA) is 71.1 Å². The van der Waals surface area contributed by atoms with Gasteiger partial charge in [-0.25, -0.2) is 9.59 Å². The second-order valence-corrected chi connectivity index (χ2v) is 2.65. The lowest BCUT2D eigenvalue weighted by molar-refractivity contribution is 0.0725. The quantitative estimate of drug-likeness (QED) is 0.395. The molecule has 6 nitrogen and oxygen atoms in total. The Hall–Kier alpha value is -1.72. The summed E-state index contributed by atoms with van der Waals surface area (Å²) in [6.45, 7) is 0.530. The smallest absolute Gasteiger partial charge is 0.438 e. The van der Waals surface area contributed by atoms with E-state index in [2.05, 4.69) is 18.9 Å². The molecule has 0 amide bonds. The van der Waals surface area contributed by atoms with Crippen LogP contribution >= 0.6 is 0 Å². The third-order valence-corrected chi connectivity index (χ3v) is 1.51. The Morgan fingerprint density at radius 3 is 1.56 bits per heavy atom. The zero-order valence-corrected chi connectivity index (χ0v) is 9.43. The van der Waals surface area contributed by atoms with Crippen LogP contribution in [0.3, 0.4) is 0 Å². The first-order valence-corrected chi connectivity index (χ1v) is 4.77. The number of hydrogen-bond donors (Lipinski definition) is 0. The summed E-state index contributed by atoms with van der Waals surface area (Å²) >= 11 is 0. The molecule has 0 saturated carbocycles. The summed E-state index contributed by atoms with van der Waals surface area (Å²) in [6.07, 6.45) is 3.44. The van der Waals surface area contributed by atoms with Crippen molar-refractivity contribution in [1.29, 1.82) is 0 Å². The van der Waals surface area contributed by atoms with Gasteiger partial charge in [0.2, 0.25) is 0 Å². The SMILES string of the molecule is COC(=O)OCCC=CCCOC(=O)OC. The highest BCUT2D eigenvalue weighted by Crippen LogP contribution is 1.92. The summed E-state index contributed by atoms with van der Waals surface area (Å²) in [7, 11) is 2.50. The lowest BCUT2D eigenvalue weighted by atomic mass is 10.3. The van der Waals surface area contributed by atoms with Crippen LogP contribution in [0.5, 0.6) is 0 Å². The van der Waals surface area contributed by atoms with E-state index in [0.717, 1.165) is 0 Å².